The number of hydrogen-bond acceptors (Lipinski definition) is 4. The highest BCUT2D eigenvalue weighted by Crippen LogP contribution is 2.35. The monoisotopic (exact) mass is 362 g/mol. The molecule has 4 aromatic rings. The molecule has 2 aromatic heterocycles. The van der Waals surface area contributed by atoms with Gasteiger partial charge in [-0.1, -0.05) is 25.5 Å². The maximum absolute atomic E-state index is 12.7. The van der Waals surface area contributed by atoms with E-state index < -0.39 is 0 Å². The zero-order chi connectivity index (χ0) is 19.0. The predicted octanol–water partition coefficient (Wildman–Crippen LogP) is 4.36. The molecule has 0 aliphatic heterocycles. The first kappa shape index (κ1) is 17.3. The molecule has 5 heteroatoms. The lowest BCUT2D eigenvalue weighted by atomic mass is 10.1. The summed E-state index contributed by atoms with van der Waals surface area (Å²) in [6.45, 7) is 2.17. The van der Waals surface area contributed by atoms with Crippen molar-refractivity contribution in [3.05, 3.63) is 58.5 Å². The number of rotatable bonds is 5. The van der Waals surface area contributed by atoms with E-state index in [9.17, 15) is 4.79 Å². The second-order valence-corrected chi connectivity index (χ2v) is 6.63. The molecule has 0 saturated heterocycles. The van der Waals surface area contributed by atoms with Gasteiger partial charge in [-0.3, -0.25) is 9.20 Å². The first-order valence-corrected chi connectivity index (χ1v) is 9.17. The summed E-state index contributed by atoms with van der Waals surface area (Å²) < 4.78 is 13.0. The molecule has 0 aliphatic carbocycles. The summed E-state index contributed by atoms with van der Waals surface area (Å²) in [5.74, 6) is 1.29. The highest BCUT2D eigenvalue weighted by molar-refractivity contribution is 5.99. The summed E-state index contributed by atoms with van der Waals surface area (Å²) in [5.41, 5.74) is 2.46. The van der Waals surface area contributed by atoms with Crippen molar-refractivity contribution in [3.8, 4) is 11.5 Å². The molecule has 0 saturated carbocycles. The topological polar surface area (TPSA) is 52.8 Å². The Morgan fingerprint density at radius 1 is 1.00 bits per heavy atom. The van der Waals surface area contributed by atoms with Crippen LogP contribution in [0.25, 0.3) is 27.3 Å². The number of methoxy groups -OCH3 is 2. The lowest BCUT2D eigenvalue weighted by molar-refractivity contribution is 0.356. The van der Waals surface area contributed by atoms with Gasteiger partial charge in [0.25, 0.3) is 5.56 Å². The van der Waals surface area contributed by atoms with Gasteiger partial charge in [-0.15, -0.1) is 0 Å². The van der Waals surface area contributed by atoms with E-state index in [4.69, 9.17) is 9.47 Å². The smallest absolute Gasteiger partial charge is 0.281 e. The Morgan fingerprint density at radius 2 is 1.74 bits per heavy atom. The standard InChI is InChI=1S/C22H22N2O3/c1-4-5-8-15-11-14-12-19(26-2)20(27-3)13-17(14)21-23-22(25)16-9-6-7-10-18(16)24(15)21/h6-7,9-13H,4-5,8H2,1-3H3. The van der Waals surface area contributed by atoms with Crippen LogP contribution in [0.4, 0.5) is 0 Å². The lowest BCUT2D eigenvalue weighted by Gasteiger charge is -2.16. The first-order chi connectivity index (χ1) is 13.2. The quantitative estimate of drug-likeness (QED) is 0.495. The van der Waals surface area contributed by atoms with E-state index in [0.717, 1.165) is 41.2 Å². The third-order valence-electron chi connectivity index (χ3n) is 4.99. The Balaban J connectivity index is 2.21. The van der Waals surface area contributed by atoms with E-state index >= 15 is 0 Å². The molecule has 0 radical (unpaired) electrons. The van der Waals surface area contributed by atoms with Crippen LogP contribution in [-0.4, -0.2) is 23.6 Å². The summed E-state index contributed by atoms with van der Waals surface area (Å²) in [6.07, 6.45) is 3.07. The largest absolute Gasteiger partial charge is 0.493 e. The van der Waals surface area contributed by atoms with Gasteiger partial charge >= 0.3 is 0 Å². The number of hydrogen-bond donors (Lipinski definition) is 0. The zero-order valence-corrected chi connectivity index (χ0v) is 15.8. The number of unbranched alkanes of at least 4 members (excludes halogenated alkanes) is 1. The van der Waals surface area contributed by atoms with Crippen molar-refractivity contribution in [1.29, 1.82) is 0 Å². The van der Waals surface area contributed by atoms with Crippen LogP contribution in [0.15, 0.2) is 47.3 Å². The van der Waals surface area contributed by atoms with Crippen molar-refractivity contribution in [1.82, 2.24) is 9.38 Å². The van der Waals surface area contributed by atoms with Gasteiger partial charge in [0, 0.05) is 11.1 Å². The van der Waals surface area contributed by atoms with E-state index in [1.165, 1.54) is 0 Å². The SMILES string of the molecule is CCCCc1cc2cc(OC)c(OC)cc2c2nc(=O)c3ccccc3n12. The lowest BCUT2D eigenvalue weighted by Crippen LogP contribution is -2.13. The Morgan fingerprint density at radius 3 is 2.48 bits per heavy atom. The number of benzene rings is 2. The van der Waals surface area contributed by atoms with Crippen molar-refractivity contribution in [2.45, 2.75) is 26.2 Å². The maximum Gasteiger partial charge on any atom is 0.281 e. The molecule has 0 amide bonds. The van der Waals surface area contributed by atoms with Crippen molar-refractivity contribution in [2.24, 2.45) is 0 Å². The molecule has 2 heterocycles. The number of aryl methyl sites for hydroxylation is 1. The molecule has 0 aliphatic rings. The van der Waals surface area contributed by atoms with Gasteiger partial charge < -0.3 is 9.47 Å². The molecule has 2 aromatic carbocycles. The molecule has 0 fully saturated rings. The minimum atomic E-state index is -0.214. The summed E-state index contributed by atoms with van der Waals surface area (Å²) in [7, 11) is 3.23. The zero-order valence-electron chi connectivity index (χ0n) is 15.8. The van der Waals surface area contributed by atoms with Gasteiger partial charge in [-0.2, -0.15) is 4.98 Å². The molecule has 0 bridgehead atoms. The molecule has 0 spiro atoms. The van der Waals surface area contributed by atoms with Crippen molar-refractivity contribution in [2.75, 3.05) is 14.2 Å². The fraction of sp³-hybridized carbons (Fsp3) is 0.273. The summed E-state index contributed by atoms with van der Waals surface area (Å²) in [5, 5.41) is 2.49. The minimum Gasteiger partial charge on any atom is -0.493 e. The second kappa shape index (κ2) is 6.91. The van der Waals surface area contributed by atoms with Crippen LogP contribution >= 0.6 is 0 Å². The van der Waals surface area contributed by atoms with Crippen LogP contribution in [0.1, 0.15) is 25.5 Å². The van der Waals surface area contributed by atoms with E-state index in [0.29, 0.717) is 22.5 Å². The Labute approximate surface area is 157 Å². The average Bonchev–Trinajstić information content (AvgIpc) is 2.71. The minimum absolute atomic E-state index is 0.214. The van der Waals surface area contributed by atoms with Crippen molar-refractivity contribution >= 4 is 27.3 Å². The van der Waals surface area contributed by atoms with Gasteiger partial charge in [0.15, 0.2) is 11.5 Å². The highest BCUT2D eigenvalue weighted by Gasteiger charge is 2.15. The normalized spacial score (nSPS) is 11.4. The number of aromatic nitrogens is 2. The van der Waals surface area contributed by atoms with Crippen LogP contribution in [0.2, 0.25) is 0 Å². The Bertz CT molecular complexity index is 1210. The van der Waals surface area contributed by atoms with E-state index in [1.807, 2.05) is 36.4 Å². The van der Waals surface area contributed by atoms with Gasteiger partial charge in [-0.25, -0.2) is 0 Å². The number of fused-ring (bicyclic) bond motifs is 5. The third-order valence-corrected chi connectivity index (χ3v) is 4.99. The predicted molar refractivity (Wildman–Crippen MR) is 108 cm³/mol. The Kier molecular flexibility index (Phi) is 4.44. The second-order valence-electron chi connectivity index (χ2n) is 6.63. The molecule has 138 valence electrons. The van der Waals surface area contributed by atoms with Crippen molar-refractivity contribution < 1.29 is 9.47 Å². The van der Waals surface area contributed by atoms with E-state index in [2.05, 4.69) is 22.4 Å². The van der Waals surface area contributed by atoms with Crippen LogP contribution in [0.5, 0.6) is 11.5 Å². The number of ether oxygens (including phenoxy) is 2. The van der Waals surface area contributed by atoms with E-state index in [-0.39, 0.29) is 5.56 Å². The van der Waals surface area contributed by atoms with Crippen LogP contribution in [0, 0.1) is 0 Å². The van der Waals surface area contributed by atoms with Gasteiger partial charge in [0.1, 0.15) is 5.65 Å². The summed E-state index contributed by atoms with van der Waals surface area (Å²) in [4.78, 5) is 17.1. The Hall–Kier alpha value is -3.08. The third kappa shape index (κ3) is 2.79. The molecule has 27 heavy (non-hydrogen) atoms. The van der Waals surface area contributed by atoms with Crippen molar-refractivity contribution in [3.63, 3.8) is 0 Å². The molecular formula is C22H22N2O3. The molecular weight excluding hydrogens is 340 g/mol. The fourth-order valence-electron chi connectivity index (χ4n) is 3.64. The maximum atomic E-state index is 12.7. The summed E-state index contributed by atoms with van der Waals surface area (Å²) in [6, 6.07) is 13.7. The first-order valence-electron chi connectivity index (χ1n) is 9.17. The number of pyridine rings is 1. The van der Waals surface area contributed by atoms with E-state index in [1.54, 1.807) is 14.2 Å². The van der Waals surface area contributed by atoms with Crippen LogP contribution < -0.4 is 15.0 Å². The molecule has 5 nitrogen and oxygen atoms in total. The van der Waals surface area contributed by atoms with Gasteiger partial charge in [-0.05, 0) is 48.6 Å². The van der Waals surface area contributed by atoms with Crippen LogP contribution in [-0.2, 0) is 6.42 Å². The summed E-state index contributed by atoms with van der Waals surface area (Å²) >= 11 is 0. The highest BCUT2D eigenvalue weighted by atomic mass is 16.5. The average molecular weight is 362 g/mol. The molecule has 0 unspecified atom stereocenters. The molecule has 4 rings (SSSR count). The molecule has 0 atom stereocenters. The van der Waals surface area contributed by atoms with Crippen LogP contribution in [0.3, 0.4) is 0 Å². The fourth-order valence-corrected chi connectivity index (χ4v) is 3.64. The van der Waals surface area contributed by atoms with Gasteiger partial charge in [0.05, 0.1) is 25.1 Å². The number of para-hydroxylation sites is 1. The molecule has 0 N–H and O–H groups in total. The van der Waals surface area contributed by atoms with Gasteiger partial charge in [0.2, 0.25) is 0 Å². The number of nitrogens with zero attached hydrogens (tertiary/aromatic N) is 2.